The van der Waals surface area contributed by atoms with E-state index in [4.69, 9.17) is 5.73 Å². The summed E-state index contributed by atoms with van der Waals surface area (Å²) in [7, 11) is 0. The first-order valence-corrected chi connectivity index (χ1v) is 8.86. The van der Waals surface area contributed by atoms with E-state index in [1.54, 1.807) is 0 Å². The minimum atomic E-state index is -0.208. The minimum absolute atomic E-state index is 0.0276. The topological polar surface area (TPSA) is 85.0 Å². The summed E-state index contributed by atoms with van der Waals surface area (Å²) in [5, 5.41) is 11.5. The largest absolute Gasteiger partial charge is 0.385 e. The summed E-state index contributed by atoms with van der Waals surface area (Å²) < 4.78 is 1.44. The Morgan fingerprint density at radius 1 is 1.40 bits per heavy atom. The van der Waals surface area contributed by atoms with Crippen LogP contribution in [0.4, 0.5) is 11.5 Å². The molecule has 6 nitrogen and oxygen atoms in total. The molecule has 2 aliphatic rings. The van der Waals surface area contributed by atoms with Crippen LogP contribution in [0.5, 0.6) is 0 Å². The number of carbonyl (C=O) groups excluding carboxylic acids is 1. The second kappa shape index (κ2) is 5.59. The lowest BCUT2D eigenvalue weighted by Gasteiger charge is -2.30. The number of hydrogen-bond acceptors (Lipinski definition) is 5. The molecule has 1 unspecified atom stereocenters. The van der Waals surface area contributed by atoms with E-state index in [0.29, 0.717) is 12.4 Å². The highest BCUT2D eigenvalue weighted by atomic mass is 16.2. The maximum Gasteiger partial charge on any atom is 0.256 e. The van der Waals surface area contributed by atoms with Gasteiger partial charge in [0, 0.05) is 36.3 Å². The van der Waals surface area contributed by atoms with E-state index in [-0.39, 0.29) is 17.4 Å². The molecule has 0 bridgehead atoms. The van der Waals surface area contributed by atoms with Gasteiger partial charge in [-0.1, -0.05) is 18.2 Å². The number of nitrogen functional groups attached to an aromatic ring is 1. The molecule has 0 saturated carbocycles. The standard InChI is InChI=1S/C19H25N5O/c1-11-5-4-6-12-13(7-8-21-16(11)12)18(25)24-17(20)14-10-22-19(2,3)9-15(14)23-24/h4-6,13,21-22H,7-10,20H2,1-3H3. The Morgan fingerprint density at radius 3 is 3.00 bits per heavy atom. The van der Waals surface area contributed by atoms with Crippen molar-refractivity contribution in [1.29, 1.82) is 0 Å². The predicted octanol–water partition coefficient (Wildman–Crippen LogP) is 2.44. The quantitative estimate of drug-likeness (QED) is 0.743. The number of fused-ring (bicyclic) bond motifs is 2. The van der Waals surface area contributed by atoms with Crippen LogP contribution in [0, 0.1) is 6.92 Å². The second-order valence-corrected chi connectivity index (χ2v) is 7.78. The molecule has 4 N–H and O–H groups in total. The highest BCUT2D eigenvalue weighted by Crippen LogP contribution is 2.36. The Balaban J connectivity index is 1.72. The normalized spacial score (nSPS) is 21.2. The zero-order chi connectivity index (χ0) is 17.8. The number of carbonyl (C=O) groups is 1. The molecule has 2 aromatic rings. The Labute approximate surface area is 147 Å². The van der Waals surface area contributed by atoms with Crippen molar-refractivity contribution < 1.29 is 4.79 Å². The van der Waals surface area contributed by atoms with Crippen molar-refractivity contribution >= 4 is 17.4 Å². The molecule has 4 rings (SSSR count). The third kappa shape index (κ3) is 2.61. The van der Waals surface area contributed by atoms with Gasteiger partial charge >= 0.3 is 0 Å². The van der Waals surface area contributed by atoms with Crippen molar-refractivity contribution in [1.82, 2.24) is 15.1 Å². The smallest absolute Gasteiger partial charge is 0.256 e. The van der Waals surface area contributed by atoms with Crippen molar-refractivity contribution in [2.45, 2.75) is 51.6 Å². The summed E-state index contributed by atoms with van der Waals surface area (Å²) in [6, 6.07) is 6.10. The maximum absolute atomic E-state index is 13.2. The van der Waals surface area contributed by atoms with E-state index in [0.717, 1.165) is 47.5 Å². The molecule has 1 atom stereocenters. The molecule has 0 spiro atoms. The van der Waals surface area contributed by atoms with Crippen LogP contribution in [-0.4, -0.2) is 27.8 Å². The van der Waals surface area contributed by atoms with Crippen LogP contribution in [0.3, 0.4) is 0 Å². The van der Waals surface area contributed by atoms with E-state index >= 15 is 0 Å². The number of para-hydroxylation sites is 1. The number of nitrogens with one attached hydrogen (secondary N) is 2. The molecule has 0 amide bonds. The lowest BCUT2D eigenvalue weighted by molar-refractivity contribution is 0.0859. The maximum atomic E-state index is 13.2. The van der Waals surface area contributed by atoms with Crippen LogP contribution in [0.15, 0.2) is 18.2 Å². The molecule has 132 valence electrons. The molecule has 0 aliphatic carbocycles. The monoisotopic (exact) mass is 339 g/mol. The molecular weight excluding hydrogens is 314 g/mol. The van der Waals surface area contributed by atoms with Crippen LogP contribution < -0.4 is 16.4 Å². The summed E-state index contributed by atoms with van der Waals surface area (Å²) in [4.78, 5) is 13.2. The van der Waals surface area contributed by atoms with Gasteiger partial charge in [0.05, 0.1) is 11.6 Å². The third-order valence-electron chi connectivity index (χ3n) is 5.38. The van der Waals surface area contributed by atoms with E-state index in [9.17, 15) is 4.79 Å². The van der Waals surface area contributed by atoms with Crippen LogP contribution in [0.1, 0.15) is 53.4 Å². The number of aryl methyl sites for hydroxylation is 1. The third-order valence-corrected chi connectivity index (χ3v) is 5.38. The number of nitrogens with two attached hydrogens (primary N) is 1. The van der Waals surface area contributed by atoms with Gasteiger partial charge in [-0.3, -0.25) is 4.79 Å². The highest BCUT2D eigenvalue weighted by molar-refractivity contribution is 5.90. The summed E-state index contributed by atoms with van der Waals surface area (Å²) in [6.45, 7) is 7.78. The van der Waals surface area contributed by atoms with Crippen LogP contribution in [0.25, 0.3) is 0 Å². The number of rotatable bonds is 1. The van der Waals surface area contributed by atoms with Crippen molar-refractivity contribution in [3.05, 3.63) is 40.6 Å². The van der Waals surface area contributed by atoms with Gasteiger partial charge in [0.2, 0.25) is 0 Å². The van der Waals surface area contributed by atoms with Crippen LogP contribution in [0.2, 0.25) is 0 Å². The van der Waals surface area contributed by atoms with Crippen molar-refractivity contribution in [3.8, 4) is 0 Å². The zero-order valence-corrected chi connectivity index (χ0v) is 15.0. The summed E-state index contributed by atoms with van der Waals surface area (Å²) >= 11 is 0. The Hall–Kier alpha value is -2.34. The molecule has 2 aliphatic heterocycles. The van der Waals surface area contributed by atoms with Crippen LogP contribution in [-0.2, 0) is 13.0 Å². The number of aromatic nitrogens is 2. The molecule has 6 heteroatoms. The first-order valence-electron chi connectivity index (χ1n) is 8.86. The van der Waals surface area contributed by atoms with Gasteiger partial charge in [-0.2, -0.15) is 9.78 Å². The lowest BCUT2D eigenvalue weighted by atomic mass is 9.88. The molecule has 3 heterocycles. The van der Waals surface area contributed by atoms with E-state index in [2.05, 4.69) is 42.6 Å². The van der Waals surface area contributed by atoms with Gasteiger partial charge in [0.1, 0.15) is 5.82 Å². The molecule has 0 saturated heterocycles. The lowest BCUT2D eigenvalue weighted by Crippen LogP contribution is -2.44. The van der Waals surface area contributed by atoms with Gasteiger partial charge in [0.25, 0.3) is 5.91 Å². The van der Waals surface area contributed by atoms with Crippen LogP contribution >= 0.6 is 0 Å². The Bertz CT molecular complexity index is 852. The van der Waals surface area contributed by atoms with E-state index in [1.807, 2.05) is 12.1 Å². The number of anilines is 2. The molecule has 25 heavy (non-hydrogen) atoms. The predicted molar refractivity (Wildman–Crippen MR) is 98.9 cm³/mol. The van der Waals surface area contributed by atoms with E-state index in [1.165, 1.54) is 4.68 Å². The van der Waals surface area contributed by atoms with E-state index < -0.39 is 0 Å². The SMILES string of the molecule is Cc1cccc2c1NCCC2C(=O)n1nc2c(c1N)CNC(C)(C)C2. The fourth-order valence-electron chi connectivity index (χ4n) is 3.95. The van der Waals surface area contributed by atoms with Gasteiger partial charge in [-0.25, -0.2) is 0 Å². The Kier molecular flexibility index (Phi) is 3.61. The van der Waals surface area contributed by atoms with Crippen molar-refractivity contribution in [2.24, 2.45) is 0 Å². The first-order chi connectivity index (χ1) is 11.9. The number of nitrogens with zero attached hydrogens (tertiary/aromatic N) is 2. The fourth-order valence-corrected chi connectivity index (χ4v) is 3.95. The minimum Gasteiger partial charge on any atom is -0.385 e. The van der Waals surface area contributed by atoms with Gasteiger partial charge in [-0.15, -0.1) is 0 Å². The van der Waals surface area contributed by atoms with Gasteiger partial charge in [0.15, 0.2) is 0 Å². The molecule has 1 aromatic carbocycles. The summed E-state index contributed by atoms with van der Waals surface area (Å²) in [6.07, 6.45) is 1.53. The highest BCUT2D eigenvalue weighted by Gasteiger charge is 2.34. The molecule has 0 radical (unpaired) electrons. The van der Waals surface area contributed by atoms with Gasteiger partial charge < -0.3 is 16.4 Å². The average Bonchev–Trinajstić information content (AvgIpc) is 2.89. The fraction of sp³-hybridized carbons (Fsp3) is 0.474. The molecule has 1 aromatic heterocycles. The first kappa shape index (κ1) is 16.1. The van der Waals surface area contributed by atoms with Crippen molar-refractivity contribution in [3.63, 3.8) is 0 Å². The van der Waals surface area contributed by atoms with Crippen molar-refractivity contribution in [2.75, 3.05) is 17.6 Å². The second-order valence-electron chi connectivity index (χ2n) is 7.78. The average molecular weight is 339 g/mol. The van der Waals surface area contributed by atoms with Gasteiger partial charge in [-0.05, 0) is 38.3 Å². The molecular formula is C19H25N5O. The summed E-state index contributed by atoms with van der Waals surface area (Å²) in [5.41, 5.74) is 11.4. The number of hydrogen-bond donors (Lipinski definition) is 3. The number of benzene rings is 1. The molecule has 0 fully saturated rings. The Morgan fingerprint density at radius 2 is 2.20 bits per heavy atom. The zero-order valence-electron chi connectivity index (χ0n) is 15.0. The summed E-state index contributed by atoms with van der Waals surface area (Å²) in [5.74, 6) is 0.245.